The third-order valence-electron chi connectivity index (χ3n) is 3.64. The molecular weight excluding hydrogens is 388 g/mol. The summed E-state index contributed by atoms with van der Waals surface area (Å²) in [7, 11) is 0. The molecule has 1 atom stereocenters. The lowest BCUT2D eigenvalue weighted by Crippen LogP contribution is -2.32. The number of carbonyl (C=O) groups excluding carboxylic acids is 1. The van der Waals surface area contributed by atoms with Crippen LogP contribution in [0.25, 0.3) is 11.0 Å². The van der Waals surface area contributed by atoms with Crippen LogP contribution in [0.4, 0.5) is 5.82 Å². The van der Waals surface area contributed by atoms with Crippen LogP contribution in [0.5, 0.6) is 0 Å². The van der Waals surface area contributed by atoms with Crippen molar-refractivity contribution in [1.82, 2.24) is 25.1 Å². The van der Waals surface area contributed by atoms with E-state index in [0.29, 0.717) is 38.0 Å². The molecule has 10 heteroatoms. The lowest BCUT2D eigenvalue weighted by Gasteiger charge is -2.10. The van der Waals surface area contributed by atoms with Gasteiger partial charge in [0, 0.05) is 25.4 Å². The molecule has 150 valence electrons. The van der Waals surface area contributed by atoms with Gasteiger partial charge in [-0.15, -0.1) is 11.6 Å². The molecule has 2 heterocycles. The summed E-state index contributed by atoms with van der Waals surface area (Å²) in [6.45, 7) is 8.62. The summed E-state index contributed by atoms with van der Waals surface area (Å²) in [4.78, 5) is 20.9. The molecule has 0 aromatic carbocycles. The van der Waals surface area contributed by atoms with Crippen molar-refractivity contribution < 1.29 is 9.53 Å². The number of amides is 1. The van der Waals surface area contributed by atoms with Crippen LogP contribution in [0.3, 0.4) is 0 Å². The van der Waals surface area contributed by atoms with Crippen molar-refractivity contribution in [2.24, 2.45) is 0 Å². The summed E-state index contributed by atoms with van der Waals surface area (Å²) in [5.74, 6) is 1.50. The Morgan fingerprint density at radius 3 is 2.89 bits per heavy atom. The van der Waals surface area contributed by atoms with E-state index in [1.807, 2.05) is 6.92 Å². The van der Waals surface area contributed by atoms with Crippen molar-refractivity contribution >= 4 is 46.1 Å². The highest BCUT2D eigenvalue weighted by molar-refractivity contribution is 7.99. The van der Waals surface area contributed by atoms with Gasteiger partial charge in [-0.3, -0.25) is 4.79 Å². The van der Waals surface area contributed by atoms with Crippen LogP contribution in [0.2, 0.25) is 0 Å². The summed E-state index contributed by atoms with van der Waals surface area (Å²) in [5.41, 5.74) is 0.746. The molecule has 0 aliphatic heterocycles. The number of alkyl halides is 1. The number of carbonyl (C=O) groups is 1. The van der Waals surface area contributed by atoms with Crippen molar-refractivity contribution in [2.45, 2.75) is 44.3 Å². The van der Waals surface area contributed by atoms with Gasteiger partial charge in [0.15, 0.2) is 10.8 Å². The van der Waals surface area contributed by atoms with E-state index < -0.39 is 5.38 Å². The zero-order valence-electron chi connectivity index (χ0n) is 16.0. The largest absolute Gasteiger partial charge is 0.380 e. The molecule has 0 aliphatic carbocycles. The zero-order chi connectivity index (χ0) is 19.6. The highest BCUT2D eigenvalue weighted by Crippen LogP contribution is 2.24. The van der Waals surface area contributed by atoms with E-state index in [4.69, 9.17) is 16.3 Å². The van der Waals surface area contributed by atoms with Crippen LogP contribution < -0.4 is 10.6 Å². The molecule has 0 fully saturated rings. The second-order valence-electron chi connectivity index (χ2n) is 5.84. The molecule has 8 nitrogen and oxygen atoms in total. The maximum atomic E-state index is 11.6. The fraction of sp³-hybridized carbons (Fsp3) is 0.647. The normalized spacial score (nSPS) is 12.3. The van der Waals surface area contributed by atoms with E-state index in [-0.39, 0.29) is 5.91 Å². The van der Waals surface area contributed by atoms with Crippen molar-refractivity contribution in [3.63, 3.8) is 0 Å². The van der Waals surface area contributed by atoms with E-state index in [1.54, 1.807) is 29.6 Å². The number of hydrogen-bond donors (Lipinski definition) is 2. The van der Waals surface area contributed by atoms with Crippen molar-refractivity contribution in [3.8, 4) is 0 Å². The van der Waals surface area contributed by atoms with E-state index in [1.165, 1.54) is 0 Å². The van der Waals surface area contributed by atoms with Crippen molar-refractivity contribution in [2.75, 3.05) is 37.4 Å². The maximum Gasteiger partial charge on any atom is 0.237 e. The molecule has 2 rings (SSSR count). The Kier molecular flexibility index (Phi) is 9.09. The number of nitrogens with one attached hydrogen (secondary N) is 2. The minimum atomic E-state index is -0.556. The van der Waals surface area contributed by atoms with Gasteiger partial charge < -0.3 is 15.4 Å². The lowest BCUT2D eigenvalue weighted by atomic mass is 10.4. The first kappa shape index (κ1) is 21.7. The minimum Gasteiger partial charge on any atom is -0.380 e. The average molecular weight is 415 g/mol. The van der Waals surface area contributed by atoms with Crippen molar-refractivity contribution in [1.29, 1.82) is 0 Å². The number of hydrogen-bond acceptors (Lipinski definition) is 7. The molecule has 0 radical (unpaired) electrons. The monoisotopic (exact) mass is 414 g/mol. The van der Waals surface area contributed by atoms with Crippen LogP contribution in [0.15, 0.2) is 11.4 Å². The Hall–Kier alpha value is -1.58. The van der Waals surface area contributed by atoms with Crippen LogP contribution in [-0.4, -0.2) is 63.1 Å². The zero-order valence-corrected chi connectivity index (χ0v) is 17.6. The fourth-order valence-electron chi connectivity index (χ4n) is 2.30. The molecular formula is C17H27ClN6O2S. The molecule has 0 saturated carbocycles. The highest BCUT2D eigenvalue weighted by Gasteiger charge is 2.14. The van der Waals surface area contributed by atoms with Crippen LogP contribution >= 0.6 is 23.4 Å². The van der Waals surface area contributed by atoms with E-state index in [0.717, 1.165) is 29.0 Å². The Bertz CT molecular complexity index is 740. The first-order valence-corrected chi connectivity index (χ1v) is 10.6. The van der Waals surface area contributed by atoms with E-state index in [9.17, 15) is 4.79 Å². The average Bonchev–Trinajstić information content (AvgIpc) is 3.06. The predicted molar refractivity (Wildman–Crippen MR) is 110 cm³/mol. The fourth-order valence-corrected chi connectivity index (χ4v) is 3.07. The Morgan fingerprint density at radius 2 is 2.19 bits per heavy atom. The molecule has 0 spiro atoms. The Balaban J connectivity index is 2.16. The van der Waals surface area contributed by atoms with Crippen LogP contribution in [0, 0.1) is 0 Å². The van der Waals surface area contributed by atoms with E-state index >= 15 is 0 Å². The number of ether oxygens (including phenoxy) is 1. The minimum absolute atomic E-state index is 0.194. The lowest BCUT2D eigenvalue weighted by molar-refractivity contribution is -0.120. The van der Waals surface area contributed by atoms with Gasteiger partial charge in [-0.2, -0.15) is 5.10 Å². The SMILES string of the molecule is CCCSc1nc(NCCOCC)c2cnn(CCNC(=O)C(C)Cl)c2n1. The number of aromatic nitrogens is 4. The topological polar surface area (TPSA) is 94.0 Å². The third kappa shape index (κ3) is 6.51. The molecule has 27 heavy (non-hydrogen) atoms. The third-order valence-corrected chi connectivity index (χ3v) is 4.89. The van der Waals surface area contributed by atoms with Gasteiger partial charge in [-0.25, -0.2) is 14.6 Å². The molecule has 0 saturated heterocycles. The summed E-state index contributed by atoms with van der Waals surface area (Å²) in [6, 6.07) is 0. The van der Waals surface area contributed by atoms with Gasteiger partial charge in [-0.1, -0.05) is 18.7 Å². The first-order valence-electron chi connectivity index (χ1n) is 9.16. The van der Waals surface area contributed by atoms with Gasteiger partial charge in [0.25, 0.3) is 0 Å². The highest BCUT2D eigenvalue weighted by atomic mass is 35.5. The molecule has 0 bridgehead atoms. The molecule has 2 aromatic heterocycles. The number of fused-ring (bicyclic) bond motifs is 1. The molecule has 2 N–H and O–H groups in total. The number of anilines is 1. The molecule has 2 aromatic rings. The second kappa shape index (κ2) is 11.3. The van der Waals surface area contributed by atoms with Crippen molar-refractivity contribution in [3.05, 3.63) is 6.20 Å². The van der Waals surface area contributed by atoms with Gasteiger partial charge in [-0.05, 0) is 20.3 Å². The molecule has 1 unspecified atom stereocenters. The Labute approximate surface area is 168 Å². The number of nitrogens with zero attached hydrogens (tertiary/aromatic N) is 4. The maximum absolute atomic E-state index is 11.6. The summed E-state index contributed by atoms with van der Waals surface area (Å²) >= 11 is 7.38. The molecule has 1 amide bonds. The summed E-state index contributed by atoms with van der Waals surface area (Å²) in [5, 5.41) is 11.5. The smallest absolute Gasteiger partial charge is 0.237 e. The summed E-state index contributed by atoms with van der Waals surface area (Å²) < 4.78 is 7.16. The number of halogens is 1. The molecule has 0 aliphatic rings. The van der Waals surface area contributed by atoms with E-state index in [2.05, 4.69) is 32.6 Å². The van der Waals surface area contributed by atoms with Gasteiger partial charge in [0.1, 0.15) is 11.2 Å². The standard InChI is InChI=1S/C17H27ClN6O2S/c1-4-10-27-17-22-14(19-7-9-26-5-2)13-11-21-24(15(13)23-17)8-6-20-16(25)12(3)18/h11-12H,4-10H2,1-3H3,(H,20,25)(H,19,22,23). The van der Waals surface area contributed by atoms with Gasteiger partial charge in [0.05, 0.1) is 24.7 Å². The van der Waals surface area contributed by atoms with Crippen LogP contribution in [0.1, 0.15) is 27.2 Å². The van der Waals surface area contributed by atoms with Gasteiger partial charge >= 0.3 is 0 Å². The first-order chi connectivity index (χ1) is 13.1. The predicted octanol–water partition coefficient (Wildman–Crippen LogP) is 2.52. The Morgan fingerprint density at radius 1 is 1.37 bits per heavy atom. The quantitative estimate of drug-likeness (QED) is 0.238. The van der Waals surface area contributed by atoms with Crippen LogP contribution in [-0.2, 0) is 16.1 Å². The number of thioether (sulfide) groups is 1. The second-order valence-corrected chi connectivity index (χ2v) is 7.56. The van der Waals surface area contributed by atoms with Gasteiger partial charge in [0.2, 0.25) is 5.91 Å². The number of rotatable bonds is 12. The summed E-state index contributed by atoms with van der Waals surface area (Å²) in [6.07, 6.45) is 2.79.